The highest BCUT2D eigenvalue weighted by atomic mass is 16.7. The lowest BCUT2D eigenvalue weighted by Crippen LogP contribution is -2.81. The SMILES string of the molecule is CC[C@]12C=CCN3CC[C@@]4(c5ccc(OC)cc5N(C)[C@H]4[C@@](O)(C(=O)OC)[C@@H]1OC(=O)CCCCCCCCC(=O)O[C@H]1c4cc5c(cc4[C@@H](c4cc(OC)c(OC)c(OC)c4)[C@H]4C(=O)OC[C@@H]41)OCO5)[C@@H]32. The maximum Gasteiger partial charge on any atom is 0.344 e. The van der Waals surface area contributed by atoms with Crippen molar-refractivity contribution in [3.05, 3.63) is 76.9 Å². The van der Waals surface area contributed by atoms with Gasteiger partial charge in [-0.05, 0) is 79.3 Å². The van der Waals surface area contributed by atoms with Gasteiger partial charge in [0.1, 0.15) is 11.9 Å². The van der Waals surface area contributed by atoms with Gasteiger partial charge in [-0.2, -0.15) is 0 Å². The van der Waals surface area contributed by atoms with Crippen molar-refractivity contribution in [1.82, 2.24) is 4.90 Å². The summed E-state index contributed by atoms with van der Waals surface area (Å²) in [5.74, 6) is -0.712. The van der Waals surface area contributed by atoms with Crippen molar-refractivity contribution in [1.29, 1.82) is 0 Å². The number of aliphatic hydroxyl groups is 1. The summed E-state index contributed by atoms with van der Waals surface area (Å²) >= 11 is 0. The van der Waals surface area contributed by atoms with Gasteiger partial charge in [0.2, 0.25) is 18.1 Å². The molecule has 0 amide bonds. The van der Waals surface area contributed by atoms with Gasteiger partial charge in [0.05, 0.1) is 54.1 Å². The minimum absolute atomic E-state index is 0.0425. The van der Waals surface area contributed by atoms with Crippen LogP contribution in [0.3, 0.4) is 0 Å². The summed E-state index contributed by atoms with van der Waals surface area (Å²) in [5, 5.41) is 13.1. The second-order valence-electron chi connectivity index (χ2n) is 20.3. The number of carbonyl (C=O) groups is 4. The molecule has 3 aromatic carbocycles. The third-order valence-electron chi connectivity index (χ3n) is 17.0. The van der Waals surface area contributed by atoms with Crippen molar-refractivity contribution in [2.24, 2.45) is 17.3 Å². The summed E-state index contributed by atoms with van der Waals surface area (Å²) in [7, 11) is 9.38. The second kappa shape index (κ2) is 19.3. The number of nitrogens with zero attached hydrogens (tertiary/aromatic N) is 2. The van der Waals surface area contributed by atoms with Gasteiger partial charge in [-0.3, -0.25) is 19.3 Å². The molecular weight excluding hydrogens is 929 g/mol. The first-order valence-corrected chi connectivity index (χ1v) is 25.3. The molecule has 17 heteroatoms. The van der Waals surface area contributed by atoms with Gasteiger partial charge >= 0.3 is 23.9 Å². The molecule has 5 heterocycles. The minimum Gasteiger partial charge on any atom is -0.497 e. The maximum atomic E-state index is 14.2. The van der Waals surface area contributed by atoms with Crippen LogP contribution in [0.1, 0.15) is 105 Å². The third kappa shape index (κ3) is 7.53. The average molecular weight is 995 g/mol. The molecule has 2 saturated heterocycles. The summed E-state index contributed by atoms with van der Waals surface area (Å²) in [6.45, 7) is 3.63. The Hall–Kier alpha value is -6.20. The standard InChI is InChI=1S/C55H66N2O15/c1-8-53-20-15-22-57-23-21-54(49(53)57)36-19-18-32(63-3)26-37(36)56(2)50(54)55(62,52(61)67-7)51(53)72-43(59)17-14-12-10-9-11-13-16-42(58)71-46-34-28-39-38(69-30-70-39)27-33(34)44(45-35(46)29-68-48(45)60)31-24-40(64-4)47(66-6)41(25-31)65-5/h15,18-20,24-28,35,44-46,49-51,62H,8-14,16-17,21-23,29-30H2,1-7H3/t35-,44+,45-,46-,49-,50+,51+,53+,54+,55-/m0/s1. The number of esters is 4. The number of methoxy groups -OCH3 is 5. The molecule has 1 spiro atoms. The van der Waals surface area contributed by atoms with E-state index >= 15 is 0 Å². The van der Waals surface area contributed by atoms with Crippen LogP contribution >= 0.6 is 0 Å². The lowest BCUT2D eigenvalue weighted by molar-refractivity contribution is -0.229. The minimum atomic E-state index is -2.20. The molecule has 10 atom stereocenters. The molecule has 0 radical (unpaired) electrons. The molecule has 3 fully saturated rings. The summed E-state index contributed by atoms with van der Waals surface area (Å²) in [5.41, 5.74) is 0.375. The van der Waals surface area contributed by atoms with E-state index in [2.05, 4.69) is 23.1 Å². The number of fused-ring (bicyclic) bond motifs is 4. The fraction of sp³-hybridized carbons (Fsp3) is 0.564. The molecule has 3 aromatic rings. The van der Waals surface area contributed by atoms with Crippen LogP contribution in [-0.4, -0.2) is 127 Å². The Balaban J connectivity index is 0.771. The number of ether oxygens (including phenoxy) is 10. The Morgan fingerprint density at radius 3 is 2.10 bits per heavy atom. The maximum absolute atomic E-state index is 14.2. The predicted octanol–water partition coefficient (Wildman–Crippen LogP) is 6.72. The highest BCUT2D eigenvalue weighted by Crippen LogP contribution is 2.67. The van der Waals surface area contributed by atoms with E-state index in [-0.39, 0.29) is 44.2 Å². The number of hydrogen-bond donors (Lipinski definition) is 1. The molecule has 10 rings (SSSR count). The topological polar surface area (TPSA) is 187 Å². The third-order valence-corrected chi connectivity index (χ3v) is 17.0. The Bertz CT molecular complexity index is 2630. The van der Waals surface area contributed by atoms with Crippen LogP contribution < -0.4 is 33.3 Å². The van der Waals surface area contributed by atoms with E-state index in [1.54, 1.807) is 7.11 Å². The summed E-state index contributed by atoms with van der Waals surface area (Å²) in [4.78, 5) is 59.9. The Morgan fingerprint density at radius 2 is 1.46 bits per heavy atom. The van der Waals surface area contributed by atoms with E-state index in [1.807, 2.05) is 55.3 Å². The van der Waals surface area contributed by atoms with Crippen LogP contribution in [0.25, 0.3) is 0 Å². The Labute approximate surface area is 419 Å². The quantitative estimate of drug-likeness (QED) is 0.0612. The zero-order valence-electron chi connectivity index (χ0n) is 42.2. The number of benzene rings is 3. The summed E-state index contributed by atoms with van der Waals surface area (Å²) in [6, 6.07) is 12.4. The fourth-order valence-electron chi connectivity index (χ4n) is 14.1. The molecular formula is C55H66N2O15. The average Bonchev–Trinajstić information content (AvgIpc) is 4.18. The molecule has 2 aliphatic carbocycles. The monoisotopic (exact) mass is 994 g/mol. The van der Waals surface area contributed by atoms with Crippen molar-refractivity contribution in [2.45, 2.75) is 112 Å². The predicted molar refractivity (Wildman–Crippen MR) is 260 cm³/mol. The van der Waals surface area contributed by atoms with E-state index < -0.39 is 64.4 Å². The first-order chi connectivity index (χ1) is 34.8. The van der Waals surface area contributed by atoms with Crippen LogP contribution in [0, 0.1) is 17.3 Å². The molecule has 0 aromatic heterocycles. The molecule has 5 aliphatic heterocycles. The van der Waals surface area contributed by atoms with Crippen molar-refractivity contribution in [3.63, 3.8) is 0 Å². The second-order valence-corrected chi connectivity index (χ2v) is 20.3. The number of anilines is 1. The molecule has 0 unspecified atom stereocenters. The molecule has 0 bridgehead atoms. The van der Waals surface area contributed by atoms with Crippen molar-refractivity contribution < 1.29 is 71.7 Å². The van der Waals surface area contributed by atoms with Gasteiger partial charge in [-0.15, -0.1) is 0 Å². The smallest absolute Gasteiger partial charge is 0.344 e. The van der Waals surface area contributed by atoms with Crippen molar-refractivity contribution in [3.8, 4) is 34.5 Å². The number of unbranched alkanes of at least 4 members (excludes halogenated alkanes) is 5. The molecule has 1 N–H and O–H groups in total. The normalized spacial score (nSPS) is 30.0. The lowest BCUT2D eigenvalue weighted by Gasteiger charge is -2.63. The van der Waals surface area contributed by atoms with Gasteiger partial charge in [-0.1, -0.05) is 50.8 Å². The number of likely N-dealkylation sites (N-methyl/N-ethyl adjacent to an activating group) is 1. The summed E-state index contributed by atoms with van der Waals surface area (Å²) < 4.78 is 58.0. The Kier molecular flexibility index (Phi) is 13.3. The van der Waals surface area contributed by atoms with E-state index in [0.29, 0.717) is 65.7 Å². The van der Waals surface area contributed by atoms with Gasteiger partial charge in [0, 0.05) is 72.5 Å². The van der Waals surface area contributed by atoms with Gasteiger partial charge in [0.15, 0.2) is 29.1 Å². The molecule has 17 nitrogen and oxygen atoms in total. The zero-order valence-corrected chi connectivity index (χ0v) is 42.2. The fourth-order valence-corrected chi connectivity index (χ4v) is 14.1. The van der Waals surface area contributed by atoms with Gasteiger partial charge in [-0.25, -0.2) is 4.79 Å². The number of hydrogen-bond acceptors (Lipinski definition) is 17. The van der Waals surface area contributed by atoms with E-state index in [0.717, 1.165) is 61.2 Å². The molecule has 1 saturated carbocycles. The first-order valence-electron chi connectivity index (χ1n) is 25.3. The Morgan fingerprint density at radius 1 is 0.792 bits per heavy atom. The van der Waals surface area contributed by atoms with Crippen molar-refractivity contribution >= 4 is 29.6 Å². The molecule has 386 valence electrons. The van der Waals surface area contributed by atoms with E-state index in [9.17, 15) is 24.3 Å². The first kappa shape index (κ1) is 49.4. The molecule has 7 aliphatic rings. The summed E-state index contributed by atoms with van der Waals surface area (Å²) in [6.07, 6.45) is 7.98. The van der Waals surface area contributed by atoms with Crippen LogP contribution in [-0.2, 0) is 43.5 Å². The number of rotatable bonds is 18. The highest BCUT2D eigenvalue weighted by molar-refractivity contribution is 5.87. The van der Waals surface area contributed by atoms with Gasteiger partial charge < -0.3 is 57.4 Å². The van der Waals surface area contributed by atoms with Crippen LogP contribution in [0.2, 0.25) is 0 Å². The van der Waals surface area contributed by atoms with Crippen LogP contribution in [0.15, 0.2) is 54.6 Å². The number of carbonyl (C=O) groups excluding carboxylic acids is 4. The highest BCUT2D eigenvalue weighted by Gasteiger charge is 2.80. The van der Waals surface area contributed by atoms with E-state index in [1.165, 1.54) is 28.4 Å². The largest absolute Gasteiger partial charge is 0.497 e. The van der Waals surface area contributed by atoms with Crippen LogP contribution in [0.4, 0.5) is 5.69 Å². The zero-order chi connectivity index (χ0) is 50.7. The molecule has 72 heavy (non-hydrogen) atoms. The van der Waals surface area contributed by atoms with Crippen molar-refractivity contribution in [2.75, 3.05) is 74.0 Å². The van der Waals surface area contributed by atoms with Crippen LogP contribution in [0.5, 0.6) is 34.5 Å². The van der Waals surface area contributed by atoms with Gasteiger partial charge in [0.25, 0.3) is 0 Å². The van der Waals surface area contributed by atoms with E-state index in [4.69, 9.17) is 47.4 Å². The number of cyclic esters (lactones) is 1. The lowest BCUT2D eigenvalue weighted by atomic mass is 9.47.